The summed E-state index contributed by atoms with van der Waals surface area (Å²) in [6.45, 7) is 6.58. The Labute approximate surface area is 185 Å². The zero-order chi connectivity index (χ0) is 22.2. The molecule has 4 heteroatoms. The molecule has 0 aliphatic heterocycles. The van der Waals surface area contributed by atoms with Crippen molar-refractivity contribution < 1.29 is 19.1 Å². The summed E-state index contributed by atoms with van der Waals surface area (Å²) in [5.41, 5.74) is 3.37. The number of ketones is 1. The van der Waals surface area contributed by atoms with Crippen molar-refractivity contribution in [3.05, 3.63) is 46.8 Å². The molecule has 0 bridgehead atoms. The molecule has 0 amide bonds. The summed E-state index contributed by atoms with van der Waals surface area (Å²) in [5.74, 6) is 0.924. The Kier molecular flexibility index (Phi) is 5.93. The third-order valence-corrected chi connectivity index (χ3v) is 8.35. The van der Waals surface area contributed by atoms with Crippen LogP contribution >= 0.6 is 0 Å². The first-order valence-electron chi connectivity index (χ1n) is 11.9. The number of esters is 1. The lowest BCUT2D eigenvalue weighted by molar-refractivity contribution is -0.141. The van der Waals surface area contributed by atoms with Crippen molar-refractivity contribution in [2.75, 3.05) is 0 Å². The fraction of sp³-hybridized carbons (Fsp3) is 0.593. The lowest BCUT2D eigenvalue weighted by Crippen LogP contribution is -2.42. The molecule has 0 aromatic rings. The van der Waals surface area contributed by atoms with Gasteiger partial charge in [0, 0.05) is 11.8 Å². The number of hydrogen-bond donors (Lipinski definition) is 0. The van der Waals surface area contributed by atoms with Crippen LogP contribution in [0.4, 0.5) is 0 Å². The molecular formula is C27H34O4. The number of allylic oxidation sites excluding steroid dienone is 8. The van der Waals surface area contributed by atoms with Crippen LogP contribution in [0.3, 0.4) is 0 Å². The molecule has 4 rings (SSSR count). The Bertz CT molecular complexity index is 918. The van der Waals surface area contributed by atoms with Crippen molar-refractivity contribution in [3.63, 3.8) is 0 Å². The van der Waals surface area contributed by atoms with Crippen LogP contribution in [0.5, 0.6) is 0 Å². The fourth-order valence-corrected chi connectivity index (χ4v) is 6.60. The van der Waals surface area contributed by atoms with Gasteiger partial charge in [-0.25, -0.2) is 0 Å². The average Bonchev–Trinajstić information content (AvgIpc) is 3.10. The maximum Gasteiger partial charge on any atom is 0.311 e. The van der Waals surface area contributed by atoms with Crippen LogP contribution in [-0.4, -0.2) is 18.0 Å². The van der Waals surface area contributed by atoms with E-state index in [0.717, 1.165) is 63.2 Å². The Morgan fingerprint density at radius 3 is 2.77 bits per heavy atom. The molecule has 0 radical (unpaired) electrons. The lowest BCUT2D eigenvalue weighted by Gasteiger charge is -2.51. The van der Waals surface area contributed by atoms with Gasteiger partial charge in [-0.3, -0.25) is 14.4 Å². The van der Waals surface area contributed by atoms with Crippen LogP contribution in [-0.2, 0) is 19.1 Å². The van der Waals surface area contributed by atoms with Crippen molar-refractivity contribution in [1.29, 1.82) is 0 Å². The zero-order valence-electron chi connectivity index (χ0n) is 19.0. The highest BCUT2D eigenvalue weighted by atomic mass is 16.5. The Morgan fingerprint density at radius 1 is 1.23 bits per heavy atom. The minimum absolute atomic E-state index is 0.0923. The van der Waals surface area contributed by atoms with Gasteiger partial charge in [0.25, 0.3) is 0 Å². The number of carbonyl (C=O) groups excluding carboxylic acids is 3. The second kappa shape index (κ2) is 8.37. The van der Waals surface area contributed by atoms with E-state index >= 15 is 0 Å². The Balaban J connectivity index is 1.62. The van der Waals surface area contributed by atoms with Crippen LogP contribution in [0.1, 0.15) is 78.6 Å². The number of fused-ring (bicyclic) bond motifs is 5. The van der Waals surface area contributed by atoms with Crippen LogP contribution in [0.15, 0.2) is 46.8 Å². The van der Waals surface area contributed by atoms with E-state index in [1.54, 1.807) is 6.08 Å². The molecule has 2 fully saturated rings. The number of rotatable bonds is 6. The molecule has 4 atom stereocenters. The summed E-state index contributed by atoms with van der Waals surface area (Å²) >= 11 is 0. The van der Waals surface area contributed by atoms with Gasteiger partial charge in [0.05, 0.1) is 0 Å². The number of ether oxygens (including phenoxy) is 1. The van der Waals surface area contributed by atoms with E-state index < -0.39 is 0 Å². The summed E-state index contributed by atoms with van der Waals surface area (Å²) in [4.78, 5) is 36.1. The molecule has 0 unspecified atom stereocenters. The number of aldehydes is 1. The number of hydrogen-bond acceptors (Lipinski definition) is 4. The predicted molar refractivity (Wildman–Crippen MR) is 120 cm³/mol. The average molecular weight is 423 g/mol. The molecule has 4 aliphatic carbocycles. The van der Waals surface area contributed by atoms with Gasteiger partial charge in [-0.1, -0.05) is 50.0 Å². The third-order valence-electron chi connectivity index (χ3n) is 8.35. The topological polar surface area (TPSA) is 60.4 Å². The summed E-state index contributed by atoms with van der Waals surface area (Å²) in [7, 11) is 0. The Morgan fingerprint density at radius 2 is 2.03 bits per heavy atom. The van der Waals surface area contributed by atoms with E-state index in [1.165, 1.54) is 11.1 Å². The third kappa shape index (κ3) is 3.68. The molecule has 0 aromatic carbocycles. The van der Waals surface area contributed by atoms with Crippen molar-refractivity contribution in [3.8, 4) is 0 Å². The van der Waals surface area contributed by atoms with E-state index in [2.05, 4.69) is 32.9 Å². The highest BCUT2D eigenvalue weighted by Gasteiger charge is 2.54. The van der Waals surface area contributed by atoms with Gasteiger partial charge in [-0.15, -0.1) is 0 Å². The highest BCUT2D eigenvalue weighted by molar-refractivity contribution is 6.01. The van der Waals surface area contributed by atoms with E-state index in [0.29, 0.717) is 18.3 Å². The van der Waals surface area contributed by atoms with Gasteiger partial charge >= 0.3 is 5.97 Å². The highest BCUT2D eigenvalue weighted by Crippen LogP contribution is 2.64. The molecule has 0 heterocycles. The van der Waals surface area contributed by atoms with Crippen LogP contribution in [0.25, 0.3) is 0 Å². The first-order valence-corrected chi connectivity index (χ1v) is 11.9. The van der Waals surface area contributed by atoms with E-state index in [1.807, 2.05) is 6.08 Å². The van der Waals surface area contributed by atoms with E-state index in [4.69, 9.17) is 4.74 Å². The standard InChI is InChI=1S/C27H34O4/c1-4-5-6-7-25(30)31-24(17-28)23-11-10-21-20-9-8-18-16-19(29)12-14-26(18,2)22(20)13-15-27(21,23)3/h12-14,16-17,20-21H,4-11,15H2,1-3H3/b24-23-/t20-,21-,26-,27-/m0/s1. The summed E-state index contributed by atoms with van der Waals surface area (Å²) in [5, 5.41) is 0. The van der Waals surface area contributed by atoms with Gasteiger partial charge in [0.1, 0.15) is 0 Å². The molecule has 31 heavy (non-hydrogen) atoms. The summed E-state index contributed by atoms with van der Waals surface area (Å²) in [6, 6.07) is 0. The maximum atomic E-state index is 12.3. The first-order chi connectivity index (χ1) is 14.8. The van der Waals surface area contributed by atoms with Crippen molar-refractivity contribution in [1.82, 2.24) is 0 Å². The number of unbranched alkanes of at least 4 members (excludes halogenated alkanes) is 2. The van der Waals surface area contributed by atoms with Gasteiger partial charge < -0.3 is 4.74 Å². The van der Waals surface area contributed by atoms with Crippen molar-refractivity contribution in [2.45, 2.75) is 78.6 Å². The van der Waals surface area contributed by atoms with Crippen LogP contribution in [0.2, 0.25) is 0 Å². The normalized spacial score (nSPS) is 35.4. The first kappa shape index (κ1) is 22.0. The maximum absolute atomic E-state index is 12.3. The van der Waals surface area contributed by atoms with Crippen LogP contribution in [0, 0.1) is 22.7 Å². The summed E-state index contributed by atoms with van der Waals surface area (Å²) in [6.07, 6.45) is 16.6. The van der Waals surface area contributed by atoms with Gasteiger partial charge in [-0.05, 0) is 80.4 Å². The Hall–Kier alpha value is -2.23. The van der Waals surface area contributed by atoms with Crippen molar-refractivity contribution in [2.24, 2.45) is 22.7 Å². The quantitative estimate of drug-likeness (QED) is 0.136. The fourth-order valence-electron chi connectivity index (χ4n) is 6.60. The monoisotopic (exact) mass is 422 g/mol. The molecular weight excluding hydrogens is 388 g/mol. The molecule has 0 saturated heterocycles. The minimum atomic E-state index is -0.292. The summed E-state index contributed by atoms with van der Waals surface area (Å²) < 4.78 is 5.59. The predicted octanol–water partition coefficient (Wildman–Crippen LogP) is 5.79. The number of carbonyl (C=O) groups is 3. The van der Waals surface area contributed by atoms with E-state index in [-0.39, 0.29) is 28.3 Å². The largest absolute Gasteiger partial charge is 0.423 e. The second-order valence-corrected chi connectivity index (χ2v) is 10.1. The molecule has 0 spiro atoms. The smallest absolute Gasteiger partial charge is 0.311 e. The van der Waals surface area contributed by atoms with Gasteiger partial charge in [0.15, 0.2) is 17.8 Å². The SMILES string of the molecule is CCCCCC(=O)O/C(C=O)=C1/CC[C@H]2[C@@H]3CCC4=CC(=O)C=C[C@]4(C)C3=CC[C@]12C. The molecule has 4 aliphatic rings. The second-order valence-electron chi connectivity index (χ2n) is 10.1. The van der Waals surface area contributed by atoms with Crippen LogP contribution < -0.4 is 0 Å². The zero-order valence-corrected chi connectivity index (χ0v) is 19.0. The molecule has 4 nitrogen and oxygen atoms in total. The lowest BCUT2D eigenvalue weighted by atomic mass is 9.53. The molecule has 2 saturated carbocycles. The minimum Gasteiger partial charge on any atom is -0.423 e. The molecule has 166 valence electrons. The van der Waals surface area contributed by atoms with E-state index in [9.17, 15) is 14.4 Å². The molecule has 0 aromatic heterocycles. The van der Waals surface area contributed by atoms with Crippen molar-refractivity contribution >= 4 is 18.0 Å². The molecule has 0 N–H and O–H groups in total. The van der Waals surface area contributed by atoms with Gasteiger partial charge in [0.2, 0.25) is 0 Å². The van der Waals surface area contributed by atoms with Gasteiger partial charge in [-0.2, -0.15) is 0 Å².